The molecule has 1 atom stereocenters. The van der Waals surface area contributed by atoms with Gasteiger partial charge < -0.3 is 0 Å². The maximum absolute atomic E-state index is 12.4. The van der Waals surface area contributed by atoms with E-state index in [-0.39, 0.29) is 11.3 Å². The molecule has 0 aliphatic heterocycles. The predicted molar refractivity (Wildman–Crippen MR) is 71.2 cm³/mol. The summed E-state index contributed by atoms with van der Waals surface area (Å²) in [6.07, 6.45) is 4.00. The molecule has 1 heteroatoms. The molecule has 0 amide bonds. The first-order valence-corrected chi connectivity index (χ1v) is 6.58. The van der Waals surface area contributed by atoms with Crippen LogP contribution in [0.1, 0.15) is 57.1 Å². The zero-order valence-electron chi connectivity index (χ0n) is 11.1. The van der Waals surface area contributed by atoms with Gasteiger partial charge in [0.25, 0.3) is 0 Å². The van der Waals surface area contributed by atoms with E-state index in [0.29, 0.717) is 12.2 Å². The van der Waals surface area contributed by atoms with Gasteiger partial charge in [0.2, 0.25) is 0 Å². The lowest BCUT2D eigenvalue weighted by Gasteiger charge is -2.27. The quantitative estimate of drug-likeness (QED) is 0.747. The molecular formula is C16H22O. The van der Waals surface area contributed by atoms with Crippen molar-refractivity contribution in [2.75, 3.05) is 0 Å². The second-order valence-corrected chi connectivity index (χ2v) is 6.35. The van der Waals surface area contributed by atoms with Crippen molar-refractivity contribution in [3.63, 3.8) is 0 Å². The molecule has 1 aliphatic carbocycles. The molecule has 0 radical (unpaired) electrons. The summed E-state index contributed by atoms with van der Waals surface area (Å²) in [4.78, 5) is 12.4. The van der Waals surface area contributed by atoms with E-state index in [4.69, 9.17) is 0 Å². The second-order valence-electron chi connectivity index (χ2n) is 6.35. The van der Waals surface area contributed by atoms with Crippen LogP contribution in [0, 0.1) is 5.41 Å². The number of aryl methyl sites for hydroxylation is 1. The monoisotopic (exact) mass is 230 g/mol. The number of benzene rings is 1. The molecule has 1 aliphatic rings. The summed E-state index contributed by atoms with van der Waals surface area (Å²) < 4.78 is 0. The average molecular weight is 230 g/mol. The van der Waals surface area contributed by atoms with E-state index in [1.807, 2.05) is 0 Å². The first-order valence-electron chi connectivity index (χ1n) is 6.58. The maximum Gasteiger partial charge on any atom is 0.140 e. The van der Waals surface area contributed by atoms with E-state index >= 15 is 0 Å². The van der Waals surface area contributed by atoms with Crippen LogP contribution in [-0.4, -0.2) is 5.78 Å². The van der Waals surface area contributed by atoms with E-state index in [2.05, 4.69) is 45.0 Å². The predicted octanol–water partition coefficient (Wildman–Crippen LogP) is 4.11. The second kappa shape index (κ2) is 4.64. The molecule has 0 bridgehead atoms. The van der Waals surface area contributed by atoms with E-state index in [9.17, 15) is 4.79 Å². The summed E-state index contributed by atoms with van der Waals surface area (Å²) in [7, 11) is 0. The molecular weight excluding hydrogens is 208 g/mol. The Labute approximate surface area is 104 Å². The van der Waals surface area contributed by atoms with Gasteiger partial charge in [-0.25, -0.2) is 0 Å². The Kier molecular flexibility index (Phi) is 3.37. The van der Waals surface area contributed by atoms with Crippen molar-refractivity contribution in [1.82, 2.24) is 0 Å². The van der Waals surface area contributed by atoms with Gasteiger partial charge >= 0.3 is 0 Å². The van der Waals surface area contributed by atoms with Gasteiger partial charge in [-0.1, -0.05) is 45.0 Å². The molecule has 0 N–H and O–H groups in total. The fourth-order valence-corrected chi connectivity index (χ4v) is 2.73. The van der Waals surface area contributed by atoms with Crippen LogP contribution in [0.15, 0.2) is 24.3 Å². The summed E-state index contributed by atoms with van der Waals surface area (Å²) in [5, 5.41) is 0. The maximum atomic E-state index is 12.4. The molecule has 0 fully saturated rings. The first kappa shape index (κ1) is 12.3. The van der Waals surface area contributed by atoms with Crippen LogP contribution in [0.2, 0.25) is 0 Å². The van der Waals surface area contributed by atoms with Gasteiger partial charge in [-0.05, 0) is 35.8 Å². The third kappa shape index (κ3) is 2.96. The van der Waals surface area contributed by atoms with E-state index in [1.54, 1.807) is 0 Å². The zero-order chi connectivity index (χ0) is 12.5. The van der Waals surface area contributed by atoms with Gasteiger partial charge in [0.05, 0.1) is 0 Å². The minimum absolute atomic E-state index is 0.101. The Hall–Kier alpha value is -1.11. The van der Waals surface area contributed by atoms with E-state index in [1.165, 1.54) is 11.1 Å². The van der Waals surface area contributed by atoms with E-state index < -0.39 is 0 Å². The molecule has 1 unspecified atom stereocenters. The van der Waals surface area contributed by atoms with Gasteiger partial charge in [-0.15, -0.1) is 0 Å². The normalized spacial score (nSPS) is 19.8. The van der Waals surface area contributed by atoms with Crippen LogP contribution < -0.4 is 0 Å². The number of ketones is 1. The van der Waals surface area contributed by atoms with Crippen molar-refractivity contribution >= 4 is 5.78 Å². The average Bonchev–Trinajstić information content (AvgIpc) is 2.26. The fraction of sp³-hybridized carbons (Fsp3) is 0.562. The number of carbonyl (C=O) groups excluding carboxylic acids is 1. The molecule has 0 spiro atoms. The van der Waals surface area contributed by atoms with Crippen LogP contribution in [0.3, 0.4) is 0 Å². The van der Waals surface area contributed by atoms with E-state index in [0.717, 1.165) is 19.3 Å². The minimum atomic E-state index is 0.101. The molecule has 0 aromatic heterocycles. The Balaban J connectivity index is 2.21. The Bertz CT molecular complexity index is 412. The fourth-order valence-electron chi connectivity index (χ4n) is 2.73. The minimum Gasteiger partial charge on any atom is -0.299 e. The SMILES string of the molecule is CC(C)(C)CC(=O)C1CCCc2ccccc21. The molecule has 17 heavy (non-hydrogen) atoms. The number of Topliss-reactive ketones (excluding diaryl/α,β-unsaturated/α-hetero) is 1. The Morgan fingerprint density at radius 1 is 1.29 bits per heavy atom. The Morgan fingerprint density at radius 3 is 2.71 bits per heavy atom. The highest BCUT2D eigenvalue weighted by molar-refractivity contribution is 5.86. The standard InChI is InChI=1S/C16H22O/c1-16(2,3)11-15(17)14-10-6-8-12-7-4-5-9-13(12)14/h4-5,7,9,14H,6,8,10-11H2,1-3H3. The first-order chi connectivity index (χ1) is 7.97. The van der Waals surface area contributed by atoms with Gasteiger partial charge in [-0.3, -0.25) is 4.79 Å². The number of carbonyl (C=O) groups is 1. The molecule has 0 saturated heterocycles. The highest BCUT2D eigenvalue weighted by atomic mass is 16.1. The number of rotatable bonds is 2. The molecule has 0 saturated carbocycles. The molecule has 2 rings (SSSR count). The largest absolute Gasteiger partial charge is 0.299 e. The smallest absolute Gasteiger partial charge is 0.140 e. The number of hydrogen-bond donors (Lipinski definition) is 0. The topological polar surface area (TPSA) is 17.1 Å². The lowest BCUT2D eigenvalue weighted by atomic mass is 9.76. The van der Waals surface area contributed by atoms with Gasteiger partial charge in [0.1, 0.15) is 5.78 Å². The molecule has 1 aromatic carbocycles. The van der Waals surface area contributed by atoms with Crippen molar-refractivity contribution in [2.45, 2.75) is 52.4 Å². The highest BCUT2D eigenvalue weighted by Crippen LogP contribution is 2.35. The van der Waals surface area contributed by atoms with Gasteiger partial charge in [0, 0.05) is 12.3 Å². The molecule has 1 aromatic rings. The summed E-state index contributed by atoms with van der Waals surface area (Å²) in [6.45, 7) is 6.42. The molecule has 1 nitrogen and oxygen atoms in total. The van der Waals surface area contributed by atoms with Crippen molar-refractivity contribution in [3.05, 3.63) is 35.4 Å². The lowest BCUT2D eigenvalue weighted by molar-refractivity contribution is -0.122. The van der Waals surface area contributed by atoms with Crippen LogP contribution in [-0.2, 0) is 11.2 Å². The summed E-state index contributed by atoms with van der Waals surface area (Å²) in [5.74, 6) is 0.573. The van der Waals surface area contributed by atoms with Crippen LogP contribution in [0.4, 0.5) is 0 Å². The van der Waals surface area contributed by atoms with Gasteiger partial charge in [-0.2, -0.15) is 0 Å². The number of fused-ring (bicyclic) bond motifs is 1. The molecule has 0 heterocycles. The van der Waals surface area contributed by atoms with Crippen molar-refractivity contribution in [3.8, 4) is 0 Å². The van der Waals surface area contributed by atoms with Crippen LogP contribution >= 0.6 is 0 Å². The van der Waals surface area contributed by atoms with Gasteiger partial charge in [0.15, 0.2) is 0 Å². The van der Waals surface area contributed by atoms with Crippen LogP contribution in [0.25, 0.3) is 0 Å². The highest BCUT2D eigenvalue weighted by Gasteiger charge is 2.28. The van der Waals surface area contributed by atoms with Crippen molar-refractivity contribution in [1.29, 1.82) is 0 Å². The summed E-state index contributed by atoms with van der Waals surface area (Å²) in [5.41, 5.74) is 2.77. The molecule has 92 valence electrons. The Morgan fingerprint density at radius 2 is 2.00 bits per heavy atom. The summed E-state index contributed by atoms with van der Waals surface area (Å²) >= 11 is 0. The van der Waals surface area contributed by atoms with Crippen LogP contribution in [0.5, 0.6) is 0 Å². The lowest BCUT2D eigenvalue weighted by Crippen LogP contribution is -2.22. The summed E-state index contributed by atoms with van der Waals surface area (Å²) in [6, 6.07) is 8.45. The van der Waals surface area contributed by atoms with Crippen molar-refractivity contribution < 1.29 is 4.79 Å². The van der Waals surface area contributed by atoms with Crippen molar-refractivity contribution in [2.24, 2.45) is 5.41 Å². The third-order valence-corrected chi connectivity index (χ3v) is 3.46. The third-order valence-electron chi connectivity index (χ3n) is 3.46. The number of hydrogen-bond acceptors (Lipinski definition) is 1. The zero-order valence-corrected chi connectivity index (χ0v) is 11.1.